The van der Waals surface area contributed by atoms with Gasteiger partial charge >= 0.3 is 27.3 Å². The van der Waals surface area contributed by atoms with Gasteiger partial charge in [-0.2, -0.15) is 0 Å². The SMILES string of the molecule is NCCCP(=O)(O)OP(=O)(O)OC[C@H]1O[C@@H](n2ccc(=O)[nH]c2=O)C(OC(=O)Oc2ccccc2)[C@H]1O. The number of phosphoric ester groups is 1. The largest absolute Gasteiger partial charge is 0.514 e. The molecule has 1 aromatic carbocycles. The fourth-order valence-corrected chi connectivity index (χ4v) is 5.96. The highest BCUT2D eigenvalue weighted by atomic mass is 31.3. The van der Waals surface area contributed by atoms with Crippen LogP contribution in [-0.4, -0.2) is 68.2 Å². The van der Waals surface area contributed by atoms with E-state index in [0.29, 0.717) is 0 Å². The monoisotopic (exact) mass is 565 g/mol. The molecule has 3 unspecified atom stereocenters. The number of benzene rings is 1. The molecule has 0 spiro atoms. The predicted molar refractivity (Wildman–Crippen MR) is 124 cm³/mol. The van der Waals surface area contributed by atoms with Gasteiger partial charge in [-0.15, -0.1) is 0 Å². The number of H-pyrrole nitrogens is 1. The summed E-state index contributed by atoms with van der Waals surface area (Å²) in [6, 6.07) is 8.72. The Morgan fingerprint density at radius 2 is 1.86 bits per heavy atom. The minimum atomic E-state index is -5.13. The van der Waals surface area contributed by atoms with E-state index >= 15 is 0 Å². The number of aromatic amines is 1. The molecule has 1 aliphatic heterocycles. The number of nitrogens with two attached hydrogens (primary N) is 1. The number of ether oxygens (including phenoxy) is 3. The number of para-hydroxylation sites is 1. The molecule has 204 valence electrons. The van der Waals surface area contributed by atoms with E-state index in [1.807, 2.05) is 4.98 Å². The number of carbonyl (C=O) groups excluding carboxylic acids is 1. The van der Waals surface area contributed by atoms with Crippen LogP contribution < -0.4 is 21.7 Å². The summed E-state index contributed by atoms with van der Waals surface area (Å²) in [5.41, 5.74) is 3.53. The van der Waals surface area contributed by atoms with Crippen molar-refractivity contribution in [3.05, 3.63) is 63.4 Å². The highest BCUT2D eigenvalue weighted by Gasteiger charge is 2.49. The van der Waals surface area contributed by atoms with Gasteiger partial charge in [0.2, 0.25) is 0 Å². The molecule has 37 heavy (non-hydrogen) atoms. The molecule has 2 aromatic rings. The molecule has 1 fully saturated rings. The molecule has 3 rings (SSSR count). The summed E-state index contributed by atoms with van der Waals surface area (Å²) in [5, 5.41) is 10.7. The summed E-state index contributed by atoms with van der Waals surface area (Å²) >= 11 is 0. The number of aromatic nitrogens is 2. The molecule has 0 saturated carbocycles. The molecule has 6 atom stereocenters. The van der Waals surface area contributed by atoms with Crippen LogP contribution in [0.5, 0.6) is 5.75 Å². The van der Waals surface area contributed by atoms with Crippen LogP contribution >= 0.6 is 15.4 Å². The molecule has 16 nitrogen and oxygen atoms in total. The second-order valence-corrected chi connectivity index (χ2v) is 11.2. The number of rotatable bonds is 11. The molecule has 2 heterocycles. The number of nitrogens with one attached hydrogen (secondary N) is 1. The van der Waals surface area contributed by atoms with Gasteiger partial charge in [-0.1, -0.05) is 18.2 Å². The quantitative estimate of drug-likeness (QED) is 0.137. The van der Waals surface area contributed by atoms with Gasteiger partial charge in [0.15, 0.2) is 12.3 Å². The lowest BCUT2D eigenvalue weighted by molar-refractivity contribution is -0.0604. The topological polar surface area (TPSA) is 239 Å². The van der Waals surface area contributed by atoms with Gasteiger partial charge in [0.25, 0.3) is 5.56 Å². The third-order valence-electron chi connectivity index (χ3n) is 4.89. The molecule has 6 N–H and O–H groups in total. The summed E-state index contributed by atoms with van der Waals surface area (Å²) in [7, 11) is -9.66. The third-order valence-corrected chi connectivity index (χ3v) is 8.10. The van der Waals surface area contributed by atoms with Crippen LogP contribution in [0.3, 0.4) is 0 Å². The molecule has 1 saturated heterocycles. The van der Waals surface area contributed by atoms with Gasteiger partial charge in [-0.3, -0.25) is 23.4 Å². The second kappa shape index (κ2) is 12.3. The normalized spacial score (nSPS) is 24.6. The molecule has 1 aromatic heterocycles. The highest BCUT2D eigenvalue weighted by molar-refractivity contribution is 7.64. The molecule has 0 amide bonds. The van der Waals surface area contributed by atoms with Crippen LogP contribution in [0.1, 0.15) is 12.6 Å². The lowest BCUT2D eigenvalue weighted by Gasteiger charge is -2.21. The Hall–Kier alpha value is -2.65. The number of phosphoric acid groups is 1. The van der Waals surface area contributed by atoms with Crippen LogP contribution in [0.25, 0.3) is 0 Å². The summed E-state index contributed by atoms with van der Waals surface area (Å²) in [6.07, 6.45) is -7.16. The van der Waals surface area contributed by atoms with Crippen LogP contribution in [0.4, 0.5) is 4.79 Å². The van der Waals surface area contributed by atoms with Gasteiger partial charge < -0.3 is 34.8 Å². The molecule has 18 heteroatoms. The molecule has 1 aliphatic rings. The van der Waals surface area contributed by atoms with Crippen LogP contribution in [0.15, 0.2) is 52.2 Å². The Bertz CT molecular complexity index is 1280. The Morgan fingerprint density at radius 1 is 1.16 bits per heavy atom. The van der Waals surface area contributed by atoms with Gasteiger partial charge in [0.05, 0.1) is 12.8 Å². The summed E-state index contributed by atoms with van der Waals surface area (Å²) in [5.74, 6) is 0.111. The maximum atomic E-state index is 12.3. The van der Waals surface area contributed by atoms with Crippen LogP contribution in [0, 0.1) is 0 Å². The highest BCUT2D eigenvalue weighted by Crippen LogP contribution is 2.60. The third kappa shape index (κ3) is 8.17. The zero-order valence-electron chi connectivity index (χ0n) is 19.0. The van der Waals surface area contributed by atoms with Crippen molar-refractivity contribution in [1.29, 1.82) is 0 Å². The van der Waals surface area contributed by atoms with E-state index in [9.17, 15) is 38.4 Å². The maximum Gasteiger partial charge on any atom is 0.514 e. The maximum absolute atomic E-state index is 12.3. The fraction of sp³-hybridized carbons (Fsp3) is 0.421. The van der Waals surface area contributed by atoms with E-state index in [0.717, 1.165) is 16.8 Å². The molecular weight excluding hydrogens is 540 g/mol. The Balaban J connectivity index is 1.76. The van der Waals surface area contributed by atoms with Crippen LogP contribution in [-0.2, 0) is 27.4 Å². The first-order chi connectivity index (χ1) is 17.4. The van der Waals surface area contributed by atoms with Crippen molar-refractivity contribution < 1.29 is 51.9 Å². The standard InChI is InChI=1S/C19H25N3O13P2/c20-8-4-10-36(27,28)35-37(29,30)31-11-13-15(24)16(34-19(26)32-12-5-2-1-3-6-12)17(33-13)22-9-7-14(23)21-18(22)25/h1-3,5-7,9,13,15-17,24H,4,8,10-11,20H2,(H,27,28)(H,29,30)(H,21,23,25)/t13-,15+,16?,17-/m1/s1. The Morgan fingerprint density at radius 3 is 2.51 bits per heavy atom. The number of carbonyl (C=O) groups is 1. The van der Waals surface area contributed by atoms with Gasteiger partial charge in [0.1, 0.15) is 18.0 Å². The summed E-state index contributed by atoms with van der Waals surface area (Å²) < 4.78 is 49.6. The number of aliphatic hydroxyl groups is 1. The fourth-order valence-electron chi connectivity index (χ4n) is 3.24. The van der Waals surface area contributed by atoms with E-state index in [1.54, 1.807) is 18.2 Å². The molecule has 0 bridgehead atoms. The van der Waals surface area contributed by atoms with Gasteiger partial charge in [0, 0.05) is 12.3 Å². The number of aliphatic hydroxyl groups excluding tert-OH is 1. The van der Waals surface area contributed by atoms with Crippen molar-refractivity contribution >= 4 is 21.6 Å². The molecule has 0 radical (unpaired) electrons. The van der Waals surface area contributed by atoms with E-state index < -0.39 is 70.1 Å². The van der Waals surface area contributed by atoms with Crippen LogP contribution in [0.2, 0.25) is 0 Å². The van der Waals surface area contributed by atoms with Gasteiger partial charge in [-0.25, -0.2) is 18.5 Å². The zero-order valence-corrected chi connectivity index (χ0v) is 20.8. The lowest BCUT2D eigenvalue weighted by atomic mass is 10.1. The smallest absolute Gasteiger partial charge is 0.423 e. The molecule has 0 aliphatic carbocycles. The minimum absolute atomic E-state index is 0.0337. The number of hydrogen-bond acceptors (Lipinski definition) is 12. The molecular formula is C19H25N3O13P2. The van der Waals surface area contributed by atoms with Crippen molar-refractivity contribution in [1.82, 2.24) is 9.55 Å². The van der Waals surface area contributed by atoms with E-state index in [1.165, 1.54) is 12.1 Å². The first kappa shape index (κ1) is 28.9. The summed E-state index contributed by atoms with van der Waals surface area (Å²) in [6.45, 7) is -0.861. The first-order valence-electron chi connectivity index (χ1n) is 10.7. The Kier molecular flexibility index (Phi) is 9.58. The average Bonchev–Trinajstić information content (AvgIpc) is 3.11. The van der Waals surface area contributed by atoms with Crippen molar-refractivity contribution in [2.75, 3.05) is 19.3 Å². The van der Waals surface area contributed by atoms with E-state index in [2.05, 4.69) is 4.31 Å². The van der Waals surface area contributed by atoms with E-state index in [-0.39, 0.29) is 18.7 Å². The number of nitrogens with zero attached hydrogens (tertiary/aromatic N) is 1. The zero-order chi connectivity index (χ0) is 27.2. The van der Waals surface area contributed by atoms with E-state index in [4.69, 9.17) is 24.5 Å². The lowest BCUT2D eigenvalue weighted by Crippen LogP contribution is -2.41. The first-order valence-corrected chi connectivity index (χ1v) is 14.0. The van der Waals surface area contributed by atoms with Crippen molar-refractivity contribution in [3.63, 3.8) is 0 Å². The van der Waals surface area contributed by atoms with Crippen molar-refractivity contribution in [3.8, 4) is 5.75 Å². The second-order valence-electron chi connectivity index (χ2n) is 7.67. The minimum Gasteiger partial charge on any atom is -0.423 e. The summed E-state index contributed by atoms with van der Waals surface area (Å²) in [4.78, 5) is 57.6. The predicted octanol–water partition coefficient (Wildman–Crippen LogP) is 0.0469. The van der Waals surface area contributed by atoms with Crippen molar-refractivity contribution in [2.24, 2.45) is 5.73 Å². The number of hydrogen-bond donors (Lipinski definition) is 5. The average molecular weight is 565 g/mol. The Labute approximate surface area is 208 Å². The van der Waals surface area contributed by atoms with Crippen molar-refractivity contribution in [2.45, 2.75) is 31.0 Å². The van der Waals surface area contributed by atoms with Gasteiger partial charge in [-0.05, 0) is 25.1 Å².